The smallest absolute Gasteiger partial charge is 0.0854 e. The molecule has 1 aromatic heterocycles. The molecule has 1 aliphatic heterocycles. The van der Waals surface area contributed by atoms with E-state index in [0.717, 1.165) is 12.0 Å². The van der Waals surface area contributed by atoms with Crippen LogP contribution < -0.4 is 0 Å². The molecule has 3 aromatic rings. The van der Waals surface area contributed by atoms with Crippen LogP contribution in [0.5, 0.6) is 0 Å². The van der Waals surface area contributed by atoms with E-state index in [1.807, 2.05) is 25.2 Å². The van der Waals surface area contributed by atoms with Crippen molar-refractivity contribution in [1.29, 1.82) is 0 Å². The van der Waals surface area contributed by atoms with Crippen molar-refractivity contribution in [3.05, 3.63) is 81.7 Å². The van der Waals surface area contributed by atoms with E-state index in [4.69, 9.17) is 4.74 Å². The van der Waals surface area contributed by atoms with Crippen LogP contribution in [-0.4, -0.2) is 29.0 Å². The van der Waals surface area contributed by atoms with Crippen LogP contribution in [0, 0.1) is 13.8 Å². The summed E-state index contributed by atoms with van der Waals surface area (Å²) >= 11 is 1.84. The molecule has 3 atom stereocenters. The number of ether oxygens (including phenoxy) is 1. The van der Waals surface area contributed by atoms with Crippen LogP contribution in [0.25, 0.3) is 10.4 Å². The van der Waals surface area contributed by atoms with Gasteiger partial charge in [-0.1, -0.05) is 61.9 Å². The van der Waals surface area contributed by atoms with E-state index in [-0.39, 0.29) is 18.8 Å². The predicted molar refractivity (Wildman–Crippen MR) is 130 cm³/mol. The molecule has 0 unspecified atom stereocenters. The summed E-state index contributed by atoms with van der Waals surface area (Å²) in [5.41, 5.74) is 6.16. The quantitative estimate of drug-likeness (QED) is 0.497. The number of thiophene rings is 1. The first-order valence-corrected chi connectivity index (χ1v) is 12.0. The highest BCUT2D eigenvalue weighted by atomic mass is 32.1. The zero-order valence-corrected chi connectivity index (χ0v) is 19.8. The van der Waals surface area contributed by atoms with E-state index in [9.17, 15) is 10.2 Å². The molecule has 0 saturated carbocycles. The molecule has 1 fully saturated rings. The SMILES string of the molecule is CC.Cc1ccc(-c2ccc(Cc3cc([C@H]4C[C@@H](O)C[C@@H](CO)O4)ccc3C)s2)cc1. The van der Waals surface area contributed by atoms with Gasteiger partial charge in [0.25, 0.3) is 0 Å². The van der Waals surface area contributed by atoms with Crippen molar-refractivity contribution >= 4 is 11.3 Å². The standard InChI is InChI=1S/C25H28O3S.C2H6/c1-16-3-6-18(7-4-16)25-10-9-23(29-25)12-20-11-19(8-5-17(20)2)24-14-21(27)13-22(15-26)28-24;1-2/h3-11,21-22,24,26-27H,12-15H2,1-2H3;1-2H3/t21-,22-,24+;/m0./s1. The lowest BCUT2D eigenvalue weighted by molar-refractivity contribution is -0.113. The number of rotatable bonds is 5. The van der Waals surface area contributed by atoms with Crippen molar-refractivity contribution < 1.29 is 14.9 Å². The monoisotopic (exact) mass is 438 g/mol. The zero-order valence-electron chi connectivity index (χ0n) is 19.0. The van der Waals surface area contributed by atoms with Crippen molar-refractivity contribution in [2.24, 2.45) is 0 Å². The van der Waals surface area contributed by atoms with Gasteiger partial charge in [0, 0.05) is 29.0 Å². The number of aryl methyl sites for hydroxylation is 2. The first-order valence-electron chi connectivity index (χ1n) is 11.2. The van der Waals surface area contributed by atoms with Gasteiger partial charge < -0.3 is 14.9 Å². The summed E-state index contributed by atoms with van der Waals surface area (Å²) in [6.45, 7) is 8.20. The van der Waals surface area contributed by atoms with E-state index in [0.29, 0.717) is 12.8 Å². The van der Waals surface area contributed by atoms with Gasteiger partial charge in [-0.25, -0.2) is 0 Å². The third-order valence-electron chi connectivity index (χ3n) is 5.69. The largest absolute Gasteiger partial charge is 0.394 e. The normalized spacial score (nSPS) is 20.8. The molecule has 4 heteroatoms. The molecule has 2 aromatic carbocycles. The minimum atomic E-state index is -0.426. The van der Waals surface area contributed by atoms with Crippen LogP contribution in [0.4, 0.5) is 0 Å². The Labute approximate surface area is 190 Å². The third-order valence-corrected chi connectivity index (χ3v) is 6.82. The minimum absolute atomic E-state index is 0.0523. The van der Waals surface area contributed by atoms with E-state index in [1.165, 1.54) is 32.0 Å². The molecule has 4 rings (SSSR count). The van der Waals surface area contributed by atoms with Crippen LogP contribution >= 0.6 is 11.3 Å². The molecule has 31 heavy (non-hydrogen) atoms. The van der Waals surface area contributed by atoms with Gasteiger partial charge in [-0.2, -0.15) is 0 Å². The Morgan fingerprint density at radius 3 is 2.42 bits per heavy atom. The molecule has 2 heterocycles. The highest BCUT2D eigenvalue weighted by Crippen LogP contribution is 2.34. The maximum absolute atomic E-state index is 10.1. The topological polar surface area (TPSA) is 49.7 Å². The van der Waals surface area contributed by atoms with Crippen LogP contribution in [0.3, 0.4) is 0 Å². The average Bonchev–Trinajstić information content (AvgIpc) is 3.25. The van der Waals surface area contributed by atoms with E-state index in [2.05, 4.69) is 68.4 Å². The zero-order chi connectivity index (χ0) is 22.4. The van der Waals surface area contributed by atoms with Crippen LogP contribution in [0.2, 0.25) is 0 Å². The number of hydrogen-bond acceptors (Lipinski definition) is 4. The van der Waals surface area contributed by atoms with Gasteiger partial charge in [0.05, 0.1) is 24.9 Å². The Balaban J connectivity index is 0.00000132. The van der Waals surface area contributed by atoms with E-state index < -0.39 is 6.10 Å². The van der Waals surface area contributed by atoms with E-state index >= 15 is 0 Å². The Morgan fingerprint density at radius 2 is 1.71 bits per heavy atom. The number of benzene rings is 2. The van der Waals surface area contributed by atoms with Crippen molar-refractivity contribution in [2.75, 3.05) is 6.61 Å². The minimum Gasteiger partial charge on any atom is -0.394 e. The molecule has 0 spiro atoms. The van der Waals surface area contributed by atoms with Gasteiger partial charge in [-0.15, -0.1) is 11.3 Å². The molecule has 0 amide bonds. The summed E-state index contributed by atoms with van der Waals surface area (Å²) in [6.07, 6.45) is 1.09. The fraction of sp³-hybridized carbons (Fsp3) is 0.407. The Bertz CT molecular complexity index is 961. The van der Waals surface area contributed by atoms with Gasteiger partial charge >= 0.3 is 0 Å². The number of aliphatic hydroxyl groups excluding tert-OH is 2. The first kappa shape index (κ1) is 23.7. The van der Waals surface area contributed by atoms with Crippen molar-refractivity contribution in [3.63, 3.8) is 0 Å². The predicted octanol–water partition coefficient (Wildman–Crippen LogP) is 6.22. The van der Waals surface area contributed by atoms with Crippen molar-refractivity contribution in [2.45, 2.75) is 65.3 Å². The summed E-state index contributed by atoms with van der Waals surface area (Å²) in [6, 6.07) is 19.5. The molecule has 166 valence electrons. The fourth-order valence-electron chi connectivity index (χ4n) is 3.94. The summed E-state index contributed by atoms with van der Waals surface area (Å²) < 4.78 is 6.00. The molecular weight excluding hydrogens is 404 g/mol. The molecular formula is C27H34O3S. The Hall–Kier alpha value is -1.98. The Kier molecular flexibility index (Phi) is 8.44. The van der Waals surface area contributed by atoms with Gasteiger partial charge in [0.1, 0.15) is 0 Å². The lowest BCUT2D eigenvalue weighted by atomic mass is 9.93. The van der Waals surface area contributed by atoms with Gasteiger partial charge in [-0.05, 0) is 48.2 Å². The second-order valence-corrected chi connectivity index (χ2v) is 9.22. The van der Waals surface area contributed by atoms with Crippen molar-refractivity contribution in [3.8, 4) is 10.4 Å². The maximum Gasteiger partial charge on any atom is 0.0854 e. The second kappa shape index (κ2) is 11.1. The maximum atomic E-state index is 10.1. The molecule has 2 N–H and O–H groups in total. The third kappa shape index (κ3) is 6.05. The summed E-state index contributed by atoms with van der Waals surface area (Å²) in [5, 5.41) is 19.6. The summed E-state index contributed by atoms with van der Waals surface area (Å²) in [7, 11) is 0. The highest BCUT2D eigenvalue weighted by molar-refractivity contribution is 7.15. The van der Waals surface area contributed by atoms with Crippen LogP contribution in [0.1, 0.15) is 59.9 Å². The van der Waals surface area contributed by atoms with Gasteiger partial charge in [0.15, 0.2) is 0 Å². The Morgan fingerprint density at radius 1 is 0.968 bits per heavy atom. The second-order valence-electron chi connectivity index (χ2n) is 8.05. The molecule has 0 aliphatic carbocycles. The molecule has 1 saturated heterocycles. The fourth-order valence-corrected chi connectivity index (χ4v) is 4.97. The van der Waals surface area contributed by atoms with Crippen molar-refractivity contribution in [1.82, 2.24) is 0 Å². The lowest BCUT2D eigenvalue weighted by Crippen LogP contribution is -2.33. The lowest BCUT2D eigenvalue weighted by Gasteiger charge is -2.32. The molecule has 1 aliphatic rings. The van der Waals surface area contributed by atoms with Gasteiger partial charge in [0.2, 0.25) is 0 Å². The highest BCUT2D eigenvalue weighted by Gasteiger charge is 2.29. The average molecular weight is 439 g/mol. The summed E-state index contributed by atoms with van der Waals surface area (Å²) in [5.74, 6) is 0. The number of hydrogen-bond donors (Lipinski definition) is 2. The van der Waals surface area contributed by atoms with E-state index in [1.54, 1.807) is 0 Å². The van der Waals surface area contributed by atoms with Gasteiger partial charge in [-0.3, -0.25) is 0 Å². The van der Waals surface area contributed by atoms with Crippen LogP contribution in [-0.2, 0) is 11.2 Å². The first-order chi connectivity index (χ1) is 15.0. The molecule has 0 radical (unpaired) electrons. The summed E-state index contributed by atoms with van der Waals surface area (Å²) in [4.78, 5) is 2.62. The molecule has 0 bridgehead atoms. The van der Waals surface area contributed by atoms with Crippen LogP contribution in [0.15, 0.2) is 54.6 Å². The molecule has 3 nitrogen and oxygen atoms in total. The number of aliphatic hydroxyl groups is 2.